The Hall–Kier alpha value is 0.0931. The van der Waals surface area contributed by atoms with Gasteiger partial charge in [-0.25, -0.2) is 0 Å². The summed E-state index contributed by atoms with van der Waals surface area (Å²) in [5.41, 5.74) is 8.06. The van der Waals surface area contributed by atoms with E-state index < -0.39 is 22.5 Å². The SMILES string of the molecule is CC1=CCC(C(C)([O][Zr][Cl])C2=C(C)C(C)=CC2)=C1C. The Bertz CT molecular complexity index is 481. The summed E-state index contributed by atoms with van der Waals surface area (Å²) in [4.78, 5) is 0. The molecular formula is C16H21ClOZr. The van der Waals surface area contributed by atoms with Crippen molar-refractivity contribution in [1.82, 2.24) is 0 Å². The van der Waals surface area contributed by atoms with E-state index in [-0.39, 0.29) is 5.60 Å². The molecule has 0 saturated heterocycles. The van der Waals surface area contributed by atoms with E-state index in [1.54, 1.807) is 0 Å². The van der Waals surface area contributed by atoms with Gasteiger partial charge >= 0.3 is 132 Å². The fourth-order valence-corrected chi connectivity index (χ4v) is 4.98. The van der Waals surface area contributed by atoms with E-state index in [1.807, 2.05) is 0 Å². The minimum absolute atomic E-state index is 0.287. The molecule has 2 aliphatic carbocycles. The number of hydrogen-bond donors (Lipinski definition) is 0. The van der Waals surface area contributed by atoms with Crippen molar-refractivity contribution in [3.63, 3.8) is 0 Å². The normalized spacial score (nSPS) is 20.1. The van der Waals surface area contributed by atoms with Crippen molar-refractivity contribution >= 4 is 8.51 Å². The van der Waals surface area contributed by atoms with Gasteiger partial charge in [-0.1, -0.05) is 0 Å². The van der Waals surface area contributed by atoms with E-state index in [0.717, 1.165) is 12.8 Å². The molecule has 0 aromatic heterocycles. The molecule has 0 atom stereocenters. The van der Waals surface area contributed by atoms with Gasteiger partial charge in [0, 0.05) is 0 Å². The molecule has 2 rings (SSSR count). The molecule has 0 amide bonds. The summed E-state index contributed by atoms with van der Waals surface area (Å²) in [6.07, 6.45) is 6.61. The summed E-state index contributed by atoms with van der Waals surface area (Å²) in [6.45, 7) is 11.0. The first-order valence-electron chi connectivity index (χ1n) is 6.70. The third-order valence-corrected chi connectivity index (χ3v) is 6.36. The maximum absolute atomic E-state index is 6.19. The third kappa shape index (κ3) is 2.64. The standard InChI is InChI=1S/C16H21O.ClH.Zr/c1-10-6-8-14(12(10)3)16(5,17)15-9-7-11(2)13(15)4;;/h6-7H,8-9H2,1-5H3;1H;/q-1;;+2/p-1. The summed E-state index contributed by atoms with van der Waals surface area (Å²) >= 11 is -1.25. The molecule has 1 nitrogen and oxygen atoms in total. The van der Waals surface area contributed by atoms with Crippen LogP contribution < -0.4 is 0 Å². The molecule has 0 radical (unpaired) electrons. The van der Waals surface area contributed by atoms with Gasteiger partial charge in [-0.2, -0.15) is 0 Å². The Kier molecular flexibility index (Phi) is 4.76. The van der Waals surface area contributed by atoms with Crippen molar-refractivity contribution in [3.05, 3.63) is 45.6 Å². The number of allylic oxidation sites excluding steroid dienone is 6. The van der Waals surface area contributed by atoms with Crippen LogP contribution in [-0.4, -0.2) is 5.60 Å². The summed E-state index contributed by atoms with van der Waals surface area (Å²) in [5, 5.41) is 0. The van der Waals surface area contributed by atoms with Crippen LogP contribution in [0.5, 0.6) is 0 Å². The summed E-state index contributed by atoms with van der Waals surface area (Å²) in [5.74, 6) is 0. The van der Waals surface area contributed by atoms with Crippen LogP contribution in [0.2, 0.25) is 0 Å². The Morgan fingerprint density at radius 2 is 1.42 bits per heavy atom. The molecule has 0 heterocycles. The third-order valence-electron chi connectivity index (χ3n) is 4.71. The molecule has 19 heavy (non-hydrogen) atoms. The van der Waals surface area contributed by atoms with E-state index in [4.69, 9.17) is 11.3 Å². The molecule has 2 aliphatic rings. The Balaban J connectivity index is 2.47. The van der Waals surface area contributed by atoms with Gasteiger partial charge in [-0.05, 0) is 0 Å². The zero-order chi connectivity index (χ0) is 14.2. The molecule has 0 spiro atoms. The molecule has 3 heteroatoms. The molecule has 0 aromatic rings. The first-order valence-corrected chi connectivity index (χ1v) is 10.9. The number of rotatable bonds is 4. The Morgan fingerprint density at radius 1 is 1.00 bits per heavy atom. The summed E-state index contributed by atoms with van der Waals surface area (Å²) in [6, 6.07) is 0. The topological polar surface area (TPSA) is 9.23 Å². The van der Waals surface area contributed by atoms with Gasteiger partial charge in [0.1, 0.15) is 0 Å². The monoisotopic (exact) mass is 354 g/mol. The first-order chi connectivity index (χ1) is 8.91. The second-order valence-electron chi connectivity index (χ2n) is 5.60. The molecule has 0 bridgehead atoms. The van der Waals surface area contributed by atoms with Gasteiger partial charge < -0.3 is 0 Å². The van der Waals surface area contributed by atoms with E-state index in [9.17, 15) is 0 Å². The van der Waals surface area contributed by atoms with Gasteiger partial charge in [-0.3, -0.25) is 0 Å². The van der Waals surface area contributed by atoms with Crippen LogP contribution in [0.4, 0.5) is 0 Å². The van der Waals surface area contributed by atoms with Crippen molar-refractivity contribution in [2.24, 2.45) is 0 Å². The van der Waals surface area contributed by atoms with Crippen molar-refractivity contribution in [3.8, 4) is 0 Å². The quantitative estimate of drug-likeness (QED) is 0.669. The van der Waals surface area contributed by atoms with Gasteiger partial charge in [0.05, 0.1) is 0 Å². The van der Waals surface area contributed by atoms with Crippen LogP contribution in [0.1, 0.15) is 47.5 Å². The predicted octanol–water partition coefficient (Wildman–Crippen LogP) is 5.25. The molecule has 102 valence electrons. The number of halogens is 1. The van der Waals surface area contributed by atoms with Crippen molar-refractivity contribution < 1.29 is 25.3 Å². The van der Waals surface area contributed by atoms with Gasteiger partial charge in [0.2, 0.25) is 0 Å². The Morgan fingerprint density at radius 3 is 1.68 bits per heavy atom. The van der Waals surface area contributed by atoms with Crippen LogP contribution in [0.15, 0.2) is 45.6 Å². The molecular weight excluding hydrogens is 335 g/mol. The second-order valence-corrected chi connectivity index (χ2v) is 7.40. The average Bonchev–Trinajstić information content (AvgIpc) is 2.86. The van der Waals surface area contributed by atoms with Crippen LogP contribution in [0, 0.1) is 0 Å². The van der Waals surface area contributed by atoms with Crippen LogP contribution in [-0.2, 0) is 25.3 Å². The molecule has 0 saturated carbocycles. The van der Waals surface area contributed by atoms with Gasteiger partial charge in [0.25, 0.3) is 0 Å². The number of hydrogen-bond acceptors (Lipinski definition) is 1. The van der Waals surface area contributed by atoms with E-state index in [0.29, 0.717) is 0 Å². The minimum atomic E-state index is -1.25. The fourth-order valence-electron chi connectivity index (χ4n) is 3.09. The van der Waals surface area contributed by atoms with Gasteiger partial charge in [0.15, 0.2) is 0 Å². The average molecular weight is 356 g/mol. The van der Waals surface area contributed by atoms with Crippen molar-refractivity contribution in [2.75, 3.05) is 0 Å². The molecule has 0 aromatic carbocycles. The predicted molar refractivity (Wildman–Crippen MR) is 77.5 cm³/mol. The zero-order valence-electron chi connectivity index (χ0n) is 12.4. The molecule has 0 N–H and O–H groups in total. The van der Waals surface area contributed by atoms with Gasteiger partial charge in [-0.15, -0.1) is 0 Å². The van der Waals surface area contributed by atoms with Crippen LogP contribution >= 0.6 is 8.51 Å². The van der Waals surface area contributed by atoms with E-state index >= 15 is 0 Å². The molecule has 0 unspecified atom stereocenters. The van der Waals surface area contributed by atoms with Crippen LogP contribution in [0.25, 0.3) is 0 Å². The molecule has 0 aliphatic heterocycles. The summed E-state index contributed by atoms with van der Waals surface area (Å²) in [7, 11) is 6.08. The van der Waals surface area contributed by atoms with Crippen molar-refractivity contribution in [2.45, 2.75) is 53.1 Å². The van der Waals surface area contributed by atoms with E-state index in [1.165, 1.54) is 33.4 Å². The Labute approximate surface area is 132 Å². The second kappa shape index (κ2) is 5.84. The van der Waals surface area contributed by atoms with Crippen LogP contribution in [0.3, 0.4) is 0 Å². The maximum atomic E-state index is 6.19. The fraction of sp³-hybridized carbons (Fsp3) is 0.500. The molecule has 0 fully saturated rings. The first kappa shape index (κ1) is 15.5. The van der Waals surface area contributed by atoms with Crippen molar-refractivity contribution in [1.29, 1.82) is 0 Å². The van der Waals surface area contributed by atoms with E-state index in [2.05, 4.69) is 46.8 Å². The zero-order valence-corrected chi connectivity index (χ0v) is 15.6. The summed E-state index contributed by atoms with van der Waals surface area (Å²) < 4.78 is 6.19.